The summed E-state index contributed by atoms with van der Waals surface area (Å²) in [7, 11) is 0. The van der Waals surface area contributed by atoms with Crippen molar-refractivity contribution in [2.24, 2.45) is 0 Å². The van der Waals surface area contributed by atoms with Gasteiger partial charge in [0.25, 0.3) is 0 Å². The second kappa shape index (κ2) is 4.25. The van der Waals surface area contributed by atoms with Crippen LogP contribution < -0.4 is 4.90 Å². The number of hydrogen-bond acceptors (Lipinski definition) is 5. The summed E-state index contributed by atoms with van der Waals surface area (Å²) in [6, 6.07) is 0.495. The smallest absolute Gasteiger partial charge is 0.305 e. The van der Waals surface area contributed by atoms with E-state index in [1.807, 2.05) is 0 Å². The van der Waals surface area contributed by atoms with Gasteiger partial charge in [0.15, 0.2) is 0 Å². The summed E-state index contributed by atoms with van der Waals surface area (Å²) >= 11 is 1.42. The van der Waals surface area contributed by atoms with E-state index in [2.05, 4.69) is 14.3 Å². The van der Waals surface area contributed by atoms with Gasteiger partial charge in [-0.05, 0) is 25.7 Å². The Kier molecular flexibility index (Phi) is 2.74. The summed E-state index contributed by atoms with van der Waals surface area (Å²) < 4.78 is 4.38. The fourth-order valence-electron chi connectivity index (χ4n) is 1.89. The fraction of sp³-hybridized carbons (Fsp3) is 0.727. The predicted molar refractivity (Wildman–Crippen MR) is 64.5 cm³/mol. The number of aromatic nitrogens is 2. The predicted octanol–water partition coefficient (Wildman–Crippen LogP) is 1.86. The molecule has 0 saturated heterocycles. The molecule has 2 saturated carbocycles. The van der Waals surface area contributed by atoms with Crippen LogP contribution in [0.3, 0.4) is 0 Å². The first kappa shape index (κ1) is 11.0. The van der Waals surface area contributed by atoms with Gasteiger partial charge < -0.3 is 10.0 Å². The van der Waals surface area contributed by atoms with Gasteiger partial charge in [0, 0.05) is 30.0 Å². The van der Waals surface area contributed by atoms with E-state index in [-0.39, 0.29) is 6.42 Å². The molecule has 0 bridgehead atoms. The van der Waals surface area contributed by atoms with E-state index in [0.29, 0.717) is 18.5 Å². The van der Waals surface area contributed by atoms with Crippen LogP contribution >= 0.6 is 11.5 Å². The number of anilines is 1. The lowest BCUT2D eigenvalue weighted by Crippen LogP contribution is -2.28. The van der Waals surface area contributed by atoms with Crippen LogP contribution in [0, 0.1) is 0 Å². The first-order chi connectivity index (χ1) is 8.24. The third kappa shape index (κ3) is 2.57. The van der Waals surface area contributed by atoms with Crippen molar-refractivity contribution >= 4 is 22.6 Å². The van der Waals surface area contributed by atoms with Crippen molar-refractivity contribution in [1.29, 1.82) is 0 Å². The largest absolute Gasteiger partial charge is 0.481 e. The lowest BCUT2D eigenvalue weighted by atomic mass is 10.4. The second-order valence-corrected chi connectivity index (χ2v) is 5.51. The summed E-state index contributed by atoms with van der Waals surface area (Å²) in [6.45, 7) is 0.555. The Morgan fingerprint density at radius 1 is 1.41 bits per heavy atom. The van der Waals surface area contributed by atoms with Gasteiger partial charge in [-0.15, -0.1) is 0 Å². The molecule has 5 nitrogen and oxygen atoms in total. The number of carboxylic acid groups (broad SMARTS) is 1. The van der Waals surface area contributed by atoms with Crippen molar-refractivity contribution in [3.8, 4) is 0 Å². The van der Waals surface area contributed by atoms with E-state index in [4.69, 9.17) is 5.11 Å². The highest BCUT2D eigenvalue weighted by molar-refractivity contribution is 7.09. The van der Waals surface area contributed by atoms with Gasteiger partial charge in [0.2, 0.25) is 5.13 Å². The van der Waals surface area contributed by atoms with Gasteiger partial charge in [-0.25, -0.2) is 4.98 Å². The molecule has 6 heteroatoms. The Morgan fingerprint density at radius 3 is 2.76 bits per heavy atom. The summed E-state index contributed by atoms with van der Waals surface area (Å²) in [5.41, 5.74) is 0. The van der Waals surface area contributed by atoms with Gasteiger partial charge >= 0.3 is 5.97 Å². The van der Waals surface area contributed by atoms with Crippen LogP contribution in [0.25, 0.3) is 0 Å². The SMILES string of the molecule is O=C(O)CCN(c1nc(C2CC2)ns1)C1CC1. The highest BCUT2D eigenvalue weighted by atomic mass is 32.1. The molecule has 0 aliphatic heterocycles. The summed E-state index contributed by atoms with van der Waals surface area (Å²) in [6.07, 6.45) is 4.88. The zero-order valence-corrected chi connectivity index (χ0v) is 10.3. The van der Waals surface area contributed by atoms with Crippen LogP contribution in [-0.2, 0) is 4.79 Å². The average Bonchev–Trinajstić information content (AvgIpc) is 3.18. The van der Waals surface area contributed by atoms with Crippen molar-refractivity contribution in [3.63, 3.8) is 0 Å². The minimum Gasteiger partial charge on any atom is -0.481 e. The second-order valence-electron chi connectivity index (χ2n) is 4.78. The van der Waals surface area contributed by atoms with E-state index < -0.39 is 5.97 Å². The number of aliphatic carboxylic acids is 1. The zero-order chi connectivity index (χ0) is 11.8. The van der Waals surface area contributed by atoms with Gasteiger partial charge in [-0.2, -0.15) is 4.37 Å². The zero-order valence-electron chi connectivity index (χ0n) is 9.50. The molecule has 92 valence electrons. The maximum atomic E-state index is 10.6. The molecule has 1 N–H and O–H groups in total. The molecular weight excluding hydrogens is 238 g/mol. The van der Waals surface area contributed by atoms with E-state index in [1.165, 1.54) is 24.4 Å². The van der Waals surface area contributed by atoms with Crippen molar-refractivity contribution < 1.29 is 9.90 Å². The molecule has 1 heterocycles. The molecule has 17 heavy (non-hydrogen) atoms. The highest BCUT2D eigenvalue weighted by Crippen LogP contribution is 2.41. The maximum absolute atomic E-state index is 10.6. The van der Waals surface area contributed by atoms with Crippen molar-refractivity contribution in [2.75, 3.05) is 11.4 Å². The number of carboxylic acids is 1. The Labute approximate surface area is 104 Å². The molecule has 1 aromatic rings. The van der Waals surface area contributed by atoms with Gasteiger partial charge in [0.05, 0.1) is 6.42 Å². The summed E-state index contributed by atoms with van der Waals surface area (Å²) in [5.74, 6) is 0.786. The van der Waals surface area contributed by atoms with Crippen molar-refractivity contribution in [3.05, 3.63) is 5.82 Å². The Balaban J connectivity index is 1.69. The molecule has 2 fully saturated rings. The van der Waals surface area contributed by atoms with Gasteiger partial charge in [-0.1, -0.05) is 0 Å². The highest BCUT2D eigenvalue weighted by Gasteiger charge is 2.33. The van der Waals surface area contributed by atoms with Crippen LogP contribution in [0.4, 0.5) is 5.13 Å². The Hall–Kier alpha value is -1.17. The fourth-order valence-corrected chi connectivity index (χ4v) is 2.73. The lowest BCUT2D eigenvalue weighted by molar-refractivity contribution is -0.136. The van der Waals surface area contributed by atoms with Crippen LogP contribution in [0.15, 0.2) is 0 Å². The molecule has 0 atom stereocenters. The first-order valence-electron chi connectivity index (χ1n) is 6.06. The third-order valence-electron chi connectivity index (χ3n) is 3.17. The van der Waals surface area contributed by atoms with E-state index in [0.717, 1.165) is 23.8 Å². The van der Waals surface area contributed by atoms with Crippen LogP contribution in [0.5, 0.6) is 0 Å². The molecule has 0 amide bonds. The topological polar surface area (TPSA) is 66.3 Å². The molecule has 1 aromatic heterocycles. The van der Waals surface area contributed by atoms with Crippen molar-refractivity contribution in [1.82, 2.24) is 9.36 Å². The number of carbonyl (C=O) groups is 1. The molecule has 2 aliphatic carbocycles. The first-order valence-corrected chi connectivity index (χ1v) is 6.83. The van der Waals surface area contributed by atoms with Gasteiger partial charge in [0.1, 0.15) is 5.82 Å². The van der Waals surface area contributed by atoms with Gasteiger partial charge in [-0.3, -0.25) is 4.79 Å². The number of nitrogens with zero attached hydrogens (tertiary/aromatic N) is 3. The van der Waals surface area contributed by atoms with Crippen LogP contribution in [0.2, 0.25) is 0 Å². The molecular formula is C11H15N3O2S. The standard InChI is InChI=1S/C11H15N3O2S/c15-9(16)5-6-14(8-3-4-8)11-12-10(13-17-11)7-1-2-7/h7-8H,1-6H2,(H,15,16). The molecule has 0 aromatic carbocycles. The van der Waals surface area contributed by atoms with Crippen LogP contribution in [0.1, 0.15) is 43.8 Å². The van der Waals surface area contributed by atoms with Crippen molar-refractivity contribution in [2.45, 2.75) is 44.1 Å². The van der Waals surface area contributed by atoms with E-state index >= 15 is 0 Å². The Bertz CT molecular complexity index is 426. The van der Waals surface area contributed by atoms with E-state index in [9.17, 15) is 4.79 Å². The average molecular weight is 253 g/mol. The van der Waals surface area contributed by atoms with E-state index in [1.54, 1.807) is 0 Å². The minimum absolute atomic E-state index is 0.175. The summed E-state index contributed by atoms with van der Waals surface area (Å²) in [5, 5.41) is 9.67. The molecule has 3 rings (SSSR count). The minimum atomic E-state index is -0.748. The van der Waals surface area contributed by atoms with Crippen LogP contribution in [-0.4, -0.2) is 33.0 Å². The number of hydrogen-bond donors (Lipinski definition) is 1. The lowest BCUT2D eigenvalue weighted by Gasteiger charge is -2.19. The Morgan fingerprint density at radius 2 is 2.18 bits per heavy atom. The third-order valence-corrected chi connectivity index (χ3v) is 3.94. The summed E-state index contributed by atoms with van der Waals surface area (Å²) in [4.78, 5) is 17.3. The quantitative estimate of drug-likeness (QED) is 0.838. The molecule has 0 radical (unpaired) electrons. The maximum Gasteiger partial charge on any atom is 0.305 e. The monoisotopic (exact) mass is 253 g/mol. The normalized spacial score (nSPS) is 19.3. The molecule has 2 aliphatic rings. The number of rotatable bonds is 6. The molecule has 0 spiro atoms. The molecule has 0 unspecified atom stereocenters.